The maximum absolute atomic E-state index is 11.4. The van der Waals surface area contributed by atoms with E-state index in [0.717, 1.165) is 19.7 Å². The van der Waals surface area contributed by atoms with Crippen LogP contribution in [0.2, 0.25) is 0 Å². The fraction of sp³-hybridized carbons (Fsp3) is 0.727. The molecule has 5 heteroatoms. The normalized spacial score (nSPS) is 21.7. The largest absolute Gasteiger partial charge is 0.374 e. The quantitative estimate of drug-likeness (QED) is 0.461. The van der Waals surface area contributed by atoms with E-state index in [0.29, 0.717) is 19.6 Å². The molecule has 16 heavy (non-hydrogen) atoms. The highest BCUT2D eigenvalue weighted by atomic mass is 16.5. The number of rotatable bonds is 6. The Kier molecular flexibility index (Phi) is 6.07. The molecule has 1 fully saturated rings. The molecule has 0 radical (unpaired) electrons. The summed E-state index contributed by atoms with van der Waals surface area (Å²) in [5.74, 6) is -0.00123. The third-order valence-electron chi connectivity index (χ3n) is 2.44. The summed E-state index contributed by atoms with van der Waals surface area (Å²) in [4.78, 5) is 13.6. The molecule has 1 unspecified atom stereocenters. The molecule has 0 bridgehead atoms. The first-order chi connectivity index (χ1) is 7.72. The Morgan fingerprint density at radius 1 is 1.69 bits per heavy atom. The minimum Gasteiger partial charge on any atom is -0.374 e. The zero-order chi connectivity index (χ0) is 11.8. The van der Waals surface area contributed by atoms with Gasteiger partial charge in [-0.1, -0.05) is 6.08 Å². The molecule has 5 nitrogen and oxygen atoms in total. The molecule has 1 saturated heterocycles. The van der Waals surface area contributed by atoms with E-state index in [9.17, 15) is 4.79 Å². The molecule has 1 rings (SSSR count). The molecule has 0 spiro atoms. The Morgan fingerprint density at radius 2 is 2.50 bits per heavy atom. The number of nitrogens with one attached hydrogen (secondary N) is 2. The van der Waals surface area contributed by atoms with Crippen LogP contribution in [0.25, 0.3) is 0 Å². The number of hydrogen-bond donors (Lipinski definition) is 2. The fourth-order valence-corrected chi connectivity index (χ4v) is 1.57. The Hall–Kier alpha value is -0.910. The lowest BCUT2D eigenvalue weighted by molar-refractivity contribution is -0.121. The van der Waals surface area contributed by atoms with E-state index >= 15 is 0 Å². The minimum absolute atomic E-state index is 0.00123. The van der Waals surface area contributed by atoms with Crippen molar-refractivity contribution in [1.82, 2.24) is 15.5 Å². The molecule has 1 aliphatic heterocycles. The summed E-state index contributed by atoms with van der Waals surface area (Å²) in [6, 6.07) is 0. The summed E-state index contributed by atoms with van der Waals surface area (Å²) in [5, 5.41) is 5.79. The van der Waals surface area contributed by atoms with Crippen LogP contribution in [0.5, 0.6) is 0 Å². The lowest BCUT2D eigenvalue weighted by Crippen LogP contribution is -2.47. The molecule has 0 aromatic carbocycles. The number of morpholine rings is 1. The Balaban J connectivity index is 2.08. The summed E-state index contributed by atoms with van der Waals surface area (Å²) in [7, 11) is 2.06. The van der Waals surface area contributed by atoms with Gasteiger partial charge in [-0.2, -0.15) is 0 Å². The monoisotopic (exact) mass is 227 g/mol. The standard InChI is InChI=1S/C11H21N3O2/c1-3-4-12-8-11(15)13-7-10-9-14(2)5-6-16-10/h3,10,12H,1,4-9H2,2H3,(H,13,15). The van der Waals surface area contributed by atoms with Gasteiger partial charge < -0.3 is 20.3 Å². The van der Waals surface area contributed by atoms with Crippen molar-refractivity contribution < 1.29 is 9.53 Å². The van der Waals surface area contributed by atoms with Crippen LogP contribution in [0.4, 0.5) is 0 Å². The Labute approximate surface area is 96.8 Å². The van der Waals surface area contributed by atoms with Gasteiger partial charge in [-0.3, -0.25) is 4.79 Å². The molecule has 0 aromatic heterocycles. The van der Waals surface area contributed by atoms with E-state index in [1.54, 1.807) is 6.08 Å². The van der Waals surface area contributed by atoms with E-state index in [4.69, 9.17) is 4.74 Å². The summed E-state index contributed by atoms with van der Waals surface area (Å²) >= 11 is 0. The molecule has 0 saturated carbocycles. The summed E-state index contributed by atoms with van der Waals surface area (Å²) in [6.07, 6.45) is 1.84. The number of amides is 1. The van der Waals surface area contributed by atoms with Crippen molar-refractivity contribution in [2.24, 2.45) is 0 Å². The van der Waals surface area contributed by atoms with Gasteiger partial charge in [0.2, 0.25) is 5.91 Å². The van der Waals surface area contributed by atoms with E-state index < -0.39 is 0 Å². The molecule has 92 valence electrons. The predicted molar refractivity (Wildman–Crippen MR) is 63.3 cm³/mol. The maximum Gasteiger partial charge on any atom is 0.234 e. The van der Waals surface area contributed by atoms with Crippen LogP contribution in [-0.4, -0.2) is 63.3 Å². The van der Waals surface area contributed by atoms with E-state index in [-0.39, 0.29) is 12.0 Å². The van der Waals surface area contributed by atoms with Crippen LogP contribution in [0, 0.1) is 0 Å². The summed E-state index contributed by atoms with van der Waals surface area (Å²) in [5.41, 5.74) is 0. The van der Waals surface area contributed by atoms with Crippen molar-refractivity contribution in [3.05, 3.63) is 12.7 Å². The van der Waals surface area contributed by atoms with Gasteiger partial charge in [-0.05, 0) is 7.05 Å². The molecule has 1 atom stereocenters. The van der Waals surface area contributed by atoms with Crippen molar-refractivity contribution in [1.29, 1.82) is 0 Å². The highest BCUT2D eigenvalue weighted by Gasteiger charge is 2.17. The van der Waals surface area contributed by atoms with Crippen molar-refractivity contribution in [3.63, 3.8) is 0 Å². The van der Waals surface area contributed by atoms with Crippen LogP contribution in [-0.2, 0) is 9.53 Å². The average molecular weight is 227 g/mol. The average Bonchev–Trinajstić information content (AvgIpc) is 2.27. The second kappa shape index (κ2) is 7.38. The number of carbonyl (C=O) groups excluding carboxylic acids is 1. The van der Waals surface area contributed by atoms with Gasteiger partial charge in [-0.15, -0.1) is 6.58 Å². The van der Waals surface area contributed by atoms with Gasteiger partial charge in [0.25, 0.3) is 0 Å². The Bertz CT molecular complexity index is 233. The molecule has 2 N–H and O–H groups in total. The maximum atomic E-state index is 11.4. The number of nitrogens with zero attached hydrogens (tertiary/aromatic N) is 1. The van der Waals surface area contributed by atoms with Crippen molar-refractivity contribution in [3.8, 4) is 0 Å². The second-order valence-corrected chi connectivity index (χ2v) is 3.98. The van der Waals surface area contributed by atoms with E-state index in [1.807, 2.05) is 0 Å². The van der Waals surface area contributed by atoms with Crippen LogP contribution >= 0.6 is 0 Å². The third-order valence-corrected chi connectivity index (χ3v) is 2.44. The van der Waals surface area contributed by atoms with E-state index in [1.165, 1.54) is 0 Å². The second-order valence-electron chi connectivity index (χ2n) is 3.98. The summed E-state index contributed by atoms with van der Waals surface area (Å²) < 4.78 is 5.53. The van der Waals surface area contributed by atoms with Gasteiger partial charge in [0, 0.05) is 26.2 Å². The van der Waals surface area contributed by atoms with Crippen molar-refractivity contribution in [2.75, 3.05) is 46.4 Å². The van der Waals surface area contributed by atoms with Crippen LogP contribution in [0.3, 0.4) is 0 Å². The smallest absolute Gasteiger partial charge is 0.234 e. The minimum atomic E-state index is -0.00123. The Morgan fingerprint density at radius 3 is 3.19 bits per heavy atom. The number of ether oxygens (including phenoxy) is 1. The van der Waals surface area contributed by atoms with Gasteiger partial charge in [0.05, 0.1) is 19.3 Å². The third kappa shape index (κ3) is 5.25. The molecular formula is C11H21N3O2. The first-order valence-corrected chi connectivity index (χ1v) is 5.61. The van der Waals surface area contributed by atoms with Gasteiger partial charge in [0.15, 0.2) is 0 Å². The summed E-state index contributed by atoms with van der Waals surface area (Å²) in [6.45, 7) is 7.71. The number of hydrogen-bond acceptors (Lipinski definition) is 4. The molecule has 1 amide bonds. The zero-order valence-electron chi connectivity index (χ0n) is 9.87. The molecule has 0 aliphatic carbocycles. The zero-order valence-corrected chi connectivity index (χ0v) is 9.87. The van der Waals surface area contributed by atoms with Crippen LogP contribution in [0.1, 0.15) is 0 Å². The first kappa shape index (κ1) is 13.2. The molecular weight excluding hydrogens is 206 g/mol. The highest BCUT2D eigenvalue weighted by Crippen LogP contribution is 2.01. The number of carbonyl (C=O) groups is 1. The molecule has 1 heterocycles. The topological polar surface area (TPSA) is 53.6 Å². The van der Waals surface area contributed by atoms with Gasteiger partial charge in [0.1, 0.15) is 0 Å². The van der Waals surface area contributed by atoms with Gasteiger partial charge >= 0.3 is 0 Å². The first-order valence-electron chi connectivity index (χ1n) is 5.61. The SMILES string of the molecule is C=CCNCC(=O)NCC1CN(C)CCO1. The van der Waals surface area contributed by atoms with Crippen LogP contribution in [0.15, 0.2) is 12.7 Å². The lowest BCUT2D eigenvalue weighted by atomic mass is 10.3. The van der Waals surface area contributed by atoms with E-state index in [2.05, 4.69) is 29.2 Å². The highest BCUT2D eigenvalue weighted by molar-refractivity contribution is 5.78. The number of likely N-dealkylation sites (N-methyl/N-ethyl adjacent to an activating group) is 1. The van der Waals surface area contributed by atoms with Crippen molar-refractivity contribution in [2.45, 2.75) is 6.10 Å². The van der Waals surface area contributed by atoms with Gasteiger partial charge in [-0.25, -0.2) is 0 Å². The van der Waals surface area contributed by atoms with Crippen LogP contribution < -0.4 is 10.6 Å². The molecule has 1 aliphatic rings. The molecule has 0 aromatic rings. The lowest BCUT2D eigenvalue weighted by Gasteiger charge is -2.30. The van der Waals surface area contributed by atoms with Crippen molar-refractivity contribution >= 4 is 5.91 Å². The predicted octanol–water partition coefficient (Wildman–Crippen LogP) is -0.791. The fourth-order valence-electron chi connectivity index (χ4n) is 1.57.